The number of anilines is 3. The number of amides is 3. The van der Waals surface area contributed by atoms with Crippen LogP contribution in [0.3, 0.4) is 0 Å². The van der Waals surface area contributed by atoms with Crippen molar-refractivity contribution in [1.29, 1.82) is 0 Å². The van der Waals surface area contributed by atoms with Gasteiger partial charge in [0.15, 0.2) is 0 Å². The Bertz CT molecular complexity index is 1200. The fraction of sp³-hybridized carbons (Fsp3) is 0.348. The molecule has 0 fully saturated rings. The molecule has 3 amide bonds. The van der Waals surface area contributed by atoms with E-state index in [-0.39, 0.29) is 28.1 Å². The molecule has 0 spiro atoms. The Kier molecular flexibility index (Phi) is 9.88. The van der Waals surface area contributed by atoms with Crippen molar-refractivity contribution in [2.75, 3.05) is 22.5 Å². The Morgan fingerprint density at radius 1 is 0.811 bits per heavy atom. The van der Waals surface area contributed by atoms with E-state index in [0.717, 1.165) is 0 Å². The molecule has 37 heavy (non-hydrogen) atoms. The van der Waals surface area contributed by atoms with Gasteiger partial charge in [-0.2, -0.15) is 13.2 Å². The molecule has 0 saturated heterocycles. The van der Waals surface area contributed by atoms with Crippen molar-refractivity contribution >= 4 is 44.8 Å². The van der Waals surface area contributed by atoms with E-state index in [4.69, 9.17) is 0 Å². The number of hydrogen-bond acceptors (Lipinski definition) is 6. The predicted octanol–water partition coefficient (Wildman–Crippen LogP) is 3.23. The highest BCUT2D eigenvalue weighted by Gasteiger charge is 2.38. The maximum absolute atomic E-state index is 12.7. The molecule has 0 aliphatic rings. The van der Waals surface area contributed by atoms with Crippen molar-refractivity contribution in [3.05, 3.63) is 48.5 Å². The maximum atomic E-state index is 12.7. The van der Waals surface area contributed by atoms with E-state index in [9.17, 15) is 36.0 Å². The Labute approximate surface area is 212 Å². The number of halogens is 3. The lowest BCUT2D eigenvalue weighted by Crippen LogP contribution is -2.40. The molecule has 0 aromatic heterocycles. The molecule has 0 bridgehead atoms. The normalized spacial score (nSPS) is 13.1. The van der Waals surface area contributed by atoms with E-state index >= 15 is 0 Å². The zero-order valence-corrected chi connectivity index (χ0v) is 21.1. The van der Waals surface area contributed by atoms with Crippen molar-refractivity contribution in [3.8, 4) is 0 Å². The minimum Gasteiger partial charge on any atom is -0.359 e. The van der Waals surface area contributed by atoms with E-state index in [0.29, 0.717) is 18.5 Å². The van der Waals surface area contributed by atoms with Crippen molar-refractivity contribution < 1.29 is 36.0 Å². The summed E-state index contributed by atoms with van der Waals surface area (Å²) in [5, 5.41) is 5.27. The van der Waals surface area contributed by atoms with Gasteiger partial charge in [0.2, 0.25) is 11.8 Å². The minimum absolute atomic E-state index is 0.0905. The summed E-state index contributed by atoms with van der Waals surface area (Å²) in [5.74, 6) is -3.83. The van der Waals surface area contributed by atoms with Gasteiger partial charge in [-0.05, 0) is 61.4 Å². The van der Waals surface area contributed by atoms with E-state index in [1.165, 1.54) is 61.0 Å². The molecule has 0 radical (unpaired) electrons. The molecule has 2 aromatic rings. The molecule has 14 heteroatoms. The van der Waals surface area contributed by atoms with Gasteiger partial charge in [-0.15, -0.1) is 0 Å². The molecule has 0 aliphatic heterocycles. The number of carbonyl (C=O) groups excluding carboxylic acids is 3. The van der Waals surface area contributed by atoms with Crippen LogP contribution >= 0.6 is 0 Å². The summed E-state index contributed by atoms with van der Waals surface area (Å²) in [5.41, 5.74) is 4.11. The fourth-order valence-electron chi connectivity index (χ4n) is 3.48. The summed E-state index contributed by atoms with van der Waals surface area (Å²) >= 11 is 0. The standard InChI is InChI=1S/C23H28F3N5O5S/c1-4-18(20(32)27-3)19(5-2)21(33)28-14-10-12-17(13-11-14)37(35,36)31-16-8-6-15(7-9-16)29-30-22(34)23(24,25)26/h6-13,18-19,29,31H,4-5H2,1-3H3,(H,27,32)(H,28,33)(H,30,34). The zero-order chi connectivity index (χ0) is 27.8. The second-order valence-corrected chi connectivity index (χ2v) is 9.60. The summed E-state index contributed by atoms with van der Waals surface area (Å²) in [7, 11) is -2.52. The lowest BCUT2D eigenvalue weighted by Gasteiger charge is -2.23. The lowest BCUT2D eigenvalue weighted by atomic mass is 9.86. The number of sulfonamides is 1. The number of alkyl halides is 3. The van der Waals surface area contributed by atoms with Gasteiger partial charge in [-0.1, -0.05) is 13.8 Å². The van der Waals surface area contributed by atoms with Crippen LogP contribution in [0.15, 0.2) is 53.4 Å². The first kappa shape index (κ1) is 29.4. The van der Waals surface area contributed by atoms with E-state index < -0.39 is 33.9 Å². The SMILES string of the molecule is CCC(C(=O)NC)C(CC)C(=O)Nc1ccc(S(=O)(=O)Nc2ccc(NNC(=O)C(F)(F)F)cc2)cc1. The predicted molar refractivity (Wildman–Crippen MR) is 132 cm³/mol. The molecule has 0 heterocycles. The average molecular weight is 544 g/mol. The molecule has 2 aromatic carbocycles. The van der Waals surface area contributed by atoms with Crippen LogP contribution < -0.4 is 26.2 Å². The number of hydrogen-bond donors (Lipinski definition) is 5. The Hall–Kier alpha value is -3.81. The molecule has 5 N–H and O–H groups in total. The van der Waals surface area contributed by atoms with Gasteiger partial charge >= 0.3 is 12.1 Å². The first-order chi connectivity index (χ1) is 17.3. The third-order valence-electron chi connectivity index (χ3n) is 5.43. The molecular weight excluding hydrogens is 515 g/mol. The monoisotopic (exact) mass is 543 g/mol. The highest BCUT2D eigenvalue weighted by Crippen LogP contribution is 2.24. The summed E-state index contributed by atoms with van der Waals surface area (Å²) in [6, 6.07) is 10.5. The molecular formula is C23H28F3N5O5S. The molecule has 0 aliphatic carbocycles. The number of nitrogens with one attached hydrogen (secondary N) is 5. The second kappa shape index (κ2) is 12.4. The molecule has 0 saturated carbocycles. The average Bonchev–Trinajstić information content (AvgIpc) is 2.85. The van der Waals surface area contributed by atoms with Gasteiger partial charge in [0.25, 0.3) is 10.0 Å². The van der Waals surface area contributed by atoms with Crippen LogP contribution in [0.1, 0.15) is 26.7 Å². The highest BCUT2D eigenvalue weighted by molar-refractivity contribution is 7.92. The van der Waals surface area contributed by atoms with Crippen LogP contribution in [0.2, 0.25) is 0 Å². The number of hydrazine groups is 1. The quantitative estimate of drug-likeness (QED) is 0.275. The third-order valence-corrected chi connectivity index (χ3v) is 6.83. The molecule has 202 valence electrons. The van der Waals surface area contributed by atoms with Crippen LogP contribution in [-0.2, 0) is 24.4 Å². The number of benzene rings is 2. The van der Waals surface area contributed by atoms with Crippen LogP contribution in [0, 0.1) is 11.8 Å². The van der Waals surface area contributed by atoms with Crippen molar-refractivity contribution in [2.24, 2.45) is 11.8 Å². The van der Waals surface area contributed by atoms with Crippen LogP contribution in [0.5, 0.6) is 0 Å². The van der Waals surface area contributed by atoms with Gasteiger partial charge in [0.05, 0.1) is 10.6 Å². The maximum Gasteiger partial charge on any atom is 0.472 e. The number of rotatable bonds is 11. The van der Waals surface area contributed by atoms with Gasteiger partial charge in [0.1, 0.15) is 0 Å². The van der Waals surface area contributed by atoms with Crippen LogP contribution in [-0.4, -0.2) is 39.4 Å². The Morgan fingerprint density at radius 3 is 1.78 bits per heavy atom. The van der Waals surface area contributed by atoms with Gasteiger partial charge in [-0.3, -0.25) is 30.0 Å². The highest BCUT2D eigenvalue weighted by atomic mass is 32.2. The molecule has 2 rings (SSSR count). The minimum atomic E-state index is -5.05. The topological polar surface area (TPSA) is 146 Å². The summed E-state index contributed by atoms with van der Waals surface area (Å²) in [6.45, 7) is 3.62. The van der Waals surface area contributed by atoms with E-state index in [1.54, 1.807) is 6.92 Å². The van der Waals surface area contributed by atoms with Crippen LogP contribution in [0.25, 0.3) is 0 Å². The van der Waals surface area contributed by atoms with Crippen molar-refractivity contribution in [2.45, 2.75) is 37.8 Å². The molecule has 2 atom stereocenters. The van der Waals surface area contributed by atoms with Crippen molar-refractivity contribution in [1.82, 2.24) is 10.7 Å². The summed E-state index contributed by atoms with van der Waals surface area (Å²) < 4.78 is 64.4. The molecule has 10 nitrogen and oxygen atoms in total. The Morgan fingerprint density at radius 2 is 1.30 bits per heavy atom. The van der Waals surface area contributed by atoms with Gasteiger partial charge in [-0.25, -0.2) is 8.42 Å². The fourth-order valence-corrected chi connectivity index (χ4v) is 4.54. The first-order valence-corrected chi connectivity index (χ1v) is 12.7. The molecule has 2 unspecified atom stereocenters. The van der Waals surface area contributed by atoms with Crippen LogP contribution in [0.4, 0.5) is 30.2 Å². The zero-order valence-electron chi connectivity index (χ0n) is 20.3. The van der Waals surface area contributed by atoms with Gasteiger partial charge < -0.3 is 10.6 Å². The van der Waals surface area contributed by atoms with E-state index in [1.807, 2.05) is 6.92 Å². The van der Waals surface area contributed by atoms with E-state index in [2.05, 4.69) is 20.8 Å². The lowest BCUT2D eigenvalue weighted by molar-refractivity contribution is -0.173. The third kappa shape index (κ3) is 8.10. The smallest absolute Gasteiger partial charge is 0.359 e. The van der Waals surface area contributed by atoms with Gasteiger partial charge in [0, 0.05) is 30.3 Å². The number of carbonyl (C=O) groups is 3. The first-order valence-electron chi connectivity index (χ1n) is 11.2. The summed E-state index contributed by atoms with van der Waals surface area (Å²) in [4.78, 5) is 35.6. The summed E-state index contributed by atoms with van der Waals surface area (Å²) in [6.07, 6.45) is -4.13. The Balaban J connectivity index is 2.04. The second-order valence-electron chi connectivity index (χ2n) is 7.92. The van der Waals surface area contributed by atoms with Crippen molar-refractivity contribution in [3.63, 3.8) is 0 Å². The largest absolute Gasteiger partial charge is 0.472 e.